The number of likely N-dealkylation sites (tertiary alicyclic amines) is 1. The quantitative estimate of drug-likeness (QED) is 0.751. The van der Waals surface area contributed by atoms with Crippen LogP contribution in [-0.4, -0.2) is 50.2 Å². The van der Waals surface area contributed by atoms with Crippen LogP contribution < -0.4 is 5.32 Å². The molecule has 1 spiro atoms. The molecule has 2 heterocycles. The van der Waals surface area contributed by atoms with Crippen molar-refractivity contribution in [2.24, 2.45) is 11.3 Å². The van der Waals surface area contributed by atoms with Crippen molar-refractivity contribution in [2.75, 3.05) is 39.4 Å². The largest absolute Gasteiger partial charge is 0.379 e. The van der Waals surface area contributed by atoms with Crippen molar-refractivity contribution in [1.82, 2.24) is 10.2 Å². The number of amides is 1. The molecule has 2 aliphatic rings. The minimum absolute atomic E-state index is 0.264. The van der Waals surface area contributed by atoms with Gasteiger partial charge in [-0.15, -0.1) is 0 Å². The van der Waals surface area contributed by atoms with Crippen LogP contribution in [0.25, 0.3) is 0 Å². The van der Waals surface area contributed by atoms with Crippen molar-refractivity contribution in [3.05, 3.63) is 0 Å². The first-order valence-corrected chi connectivity index (χ1v) is 7.18. The minimum atomic E-state index is 0.264. The maximum absolute atomic E-state index is 12.0. The van der Waals surface area contributed by atoms with E-state index in [1.807, 2.05) is 4.90 Å². The van der Waals surface area contributed by atoms with Crippen LogP contribution in [0, 0.1) is 11.3 Å². The van der Waals surface area contributed by atoms with Crippen molar-refractivity contribution in [3.63, 3.8) is 0 Å². The van der Waals surface area contributed by atoms with Crippen LogP contribution >= 0.6 is 0 Å². The Balaban J connectivity index is 1.75. The summed E-state index contributed by atoms with van der Waals surface area (Å²) in [7, 11) is 0. The zero-order valence-corrected chi connectivity index (χ0v) is 11.7. The molecule has 1 N–H and O–H groups in total. The predicted octanol–water partition coefficient (Wildman–Crippen LogP) is 1.26. The molecule has 2 saturated heterocycles. The molecule has 0 atom stereocenters. The molecule has 0 aliphatic carbocycles. The SMILES string of the molecule is CC(C)COCCN1CC2(CCNCC2)CC1=O. The van der Waals surface area contributed by atoms with E-state index in [4.69, 9.17) is 4.74 Å². The van der Waals surface area contributed by atoms with Gasteiger partial charge in [0.2, 0.25) is 5.91 Å². The van der Waals surface area contributed by atoms with Crippen LogP contribution in [0.5, 0.6) is 0 Å². The van der Waals surface area contributed by atoms with Gasteiger partial charge < -0.3 is 15.0 Å². The van der Waals surface area contributed by atoms with Crippen LogP contribution in [-0.2, 0) is 9.53 Å². The van der Waals surface area contributed by atoms with E-state index < -0.39 is 0 Å². The van der Waals surface area contributed by atoms with Crippen molar-refractivity contribution in [1.29, 1.82) is 0 Å². The first-order valence-electron chi connectivity index (χ1n) is 7.18. The third kappa shape index (κ3) is 3.45. The molecule has 4 nitrogen and oxygen atoms in total. The van der Waals surface area contributed by atoms with E-state index in [1.54, 1.807) is 0 Å². The summed E-state index contributed by atoms with van der Waals surface area (Å²) in [6, 6.07) is 0. The second-order valence-corrected chi connectivity index (χ2v) is 6.21. The number of piperidine rings is 1. The number of hydrogen-bond donors (Lipinski definition) is 1. The highest BCUT2D eigenvalue weighted by molar-refractivity contribution is 5.79. The lowest BCUT2D eigenvalue weighted by molar-refractivity contribution is -0.128. The fourth-order valence-electron chi connectivity index (χ4n) is 2.97. The molecule has 0 radical (unpaired) electrons. The molecule has 2 fully saturated rings. The van der Waals surface area contributed by atoms with Crippen LogP contribution in [0.4, 0.5) is 0 Å². The van der Waals surface area contributed by atoms with Crippen LogP contribution in [0.3, 0.4) is 0 Å². The summed E-state index contributed by atoms with van der Waals surface area (Å²) in [6.45, 7) is 9.58. The number of hydrogen-bond acceptors (Lipinski definition) is 3. The van der Waals surface area contributed by atoms with Gasteiger partial charge in [-0.2, -0.15) is 0 Å². The average molecular weight is 254 g/mol. The Hall–Kier alpha value is -0.610. The van der Waals surface area contributed by atoms with Crippen LogP contribution in [0.15, 0.2) is 0 Å². The second-order valence-electron chi connectivity index (χ2n) is 6.21. The Bertz CT molecular complexity index is 286. The Morgan fingerprint density at radius 2 is 2.11 bits per heavy atom. The van der Waals surface area contributed by atoms with E-state index in [0.29, 0.717) is 18.4 Å². The maximum atomic E-state index is 12.0. The van der Waals surface area contributed by atoms with Crippen LogP contribution in [0.2, 0.25) is 0 Å². The highest BCUT2D eigenvalue weighted by Crippen LogP contribution is 2.39. The third-order valence-corrected chi connectivity index (χ3v) is 4.03. The Kier molecular flexibility index (Phi) is 4.62. The van der Waals surface area contributed by atoms with Gasteiger partial charge in [-0.25, -0.2) is 0 Å². The van der Waals surface area contributed by atoms with Crippen LogP contribution in [0.1, 0.15) is 33.1 Å². The summed E-state index contributed by atoms with van der Waals surface area (Å²) in [5.74, 6) is 0.889. The van der Waals surface area contributed by atoms with Gasteiger partial charge in [0.05, 0.1) is 6.61 Å². The lowest BCUT2D eigenvalue weighted by atomic mass is 9.78. The number of nitrogens with one attached hydrogen (secondary N) is 1. The molecule has 0 saturated carbocycles. The van der Waals surface area contributed by atoms with Gasteiger partial charge in [0.15, 0.2) is 0 Å². The molecule has 0 aromatic rings. The number of rotatable bonds is 5. The highest BCUT2D eigenvalue weighted by Gasteiger charge is 2.43. The van der Waals surface area contributed by atoms with Crippen molar-refractivity contribution < 1.29 is 9.53 Å². The first-order chi connectivity index (χ1) is 8.61. The molecule has 104 valence electrons. The Morgan fingerprint density at radius 3 is 2.78 bits per heavy atom. The summed E-state index contributed by atoms with van der Waals surface area (Å²) in [5, 5.41) is 3.38. The first kappa shape index (κ1) is 13.8. The van der Waals surface area contributed by atoms with Crippen molar-refractivity contribution in [2.45, 2.75) is 33.1 Å². The number of ether oxygens (including phenoxy) is 1. The van der Waals surface area contributed by atoms with Crippen molar-refractivity contribution in [3.8, 4) is 0 Å². The molecule has 0 aromatic carbocycles. The van der Waals surface area contributed by atoms with Gasteiger partial charge in [0.25, 0.3) is 0 Å². The fraction of sp³-hybridized carbons (Fsp3) is 0.929. The standard InChI is InChI=1S/C14H26N2O2/c1-12(2)10-18-8-7-16-11-14(9-13(16)17)3-5-15-6-4-14/h12,15H,3-11H2,1-2H3. The van der Waals surface area contributed by atoms with Gasteiger partial charge in [-0.3, -0.25) is 4.79 Å². The summed E-state index contributed by atoms with van der Waals surface area (Å²) in [4.78, 5) is 14.0. The molecule has 18 heavy (non-hydrogen) atoms. The monoisotopic (exact) mass is 254 g/mol. The molecule has 2 aliphatic heterocycles. The van der Waals surface area contributed by atoms with Gasteiger partial charge >= 0.3 is 0 Å². The van der Waals surface area contributed by atoms with E-state index >= 15 is 0 Å². The fourth-order valence-corrected chi connectivity index (χ4v) is 2.97. The van der Waals surface area contributed by atoms with E-state index in [-0.39, 0.29) is 5.41 Å². The third-order valence-electron chi connectivity index (χ3n) is 4.03. The Labute approximate surface area is 110 Å². The molecule has 0 unspecified atom stereocenters. The summed E-state index contributed by atoms with van der Waals surface area (Å²) in [6.07, 6.45) is 3.03. The normalized spacial score (nSPS) is 23.3. The molecule has 2 rings (SSSR count). The van der Waals surface area contributed by atoms with E-state index in [9.17, 15) is 4.79 Å². The van der Waals surface area contributed by atoms with Gasteiger partial charge in [0.1, 0.15) is 0 Å². The highest BCUT2D eigenvalue weighted by atomic mass is 16.5. The summed E-state index contributed by atoms with van der Waals surface area (Å²) >= 11 is 0. The predicted molar refractivity (Wildman–Crippen MR) is 71.4 cm³/mol. The minimum Gasteiger partial charge on any atom is -0.379 e. The average Bonchev–Trinajstić information content (AvgIpc) is 2.62. The number of nitrogens with zero attached hydrogens (tertiary/aromatic N) is 1. The van der Waals surface area contributed by atoms with Gasteiger partial charge in [0, 0.05) is 26.1 Å². The molecule has 0 bridgehead atoms. The molecular weight excluding hydrogens is 228 g/mol. The molecule has 0 aromatic heterocycles. The second kappa shape index (κ2) is 6.02. The number of carbonyl (C=O) groups excluding carboxylic acids is 1. The van der Waals surface area contributed by atoms with Gasteiger partial charge in [-0.1, -0.05) is 13.8 Å². The zero-order chi connectivity index (χ0) is 13.0. The lowest BCUT2D eigenvalue weighted by Gasteiger charge is -2.33. The summed E-state index contributed by atoms with van der Waals surface area (Å²) in [5.41, 5.74) is 0.264. The zero-order valence-electron chi connectivity index (χ0n) is 11.7. The van der Waals surface area contributed by atoms with Gasteiger partial charge in [-0.05, 0) is 37.3 Å². The lowest BCUT2D eigenvalue weighted by Crippen LogP contribution is -2.39. The Morgan fingerprint density at radius 1 is 1.39 bits per heavy atom. The number of carbonyl (C=O) groups is 1. The molecular formula is C14H26N2O2. The maximum Gasteiger partial charge on any atom is 0.223 e. The van der Waals surface area contributed by atoms with E-state index in [1.165, 1.54) is 0 Å². The smallest absolute Gasteiger partial charge is 0.223 e. The summed E-state index contributed by atoms with van der Waals surface area (Å²) < 4.78 is 5.57. The van der Waals surface area contributed by atoms with Crippen molar-refractivity contribution >= 4 is 5.91 Å². The topological polar surface area (TPSA) is 41.6 Å². The van der Waals surface area contributed by atoms with E-state index in [2.05, 4.69) is 19.2 Å². The molecule has 4 heteroatoms. The van der Waals surface area contributed by atoms with E-state index in [0.717, 1.165) is 52.0 Å². The molecule has 1 amide bonds.